The molecule has 0 aromatic carbocycles. The van der Waals surface area contributed by atoms with Gasteiger partial charge in [-0.25, -0.2) is 4.79 Å². The number of nitrogens with two attached hydrogens (primary N) is 3. The monoisotopic (exact) mass is 488 g/mol. The Kier molecular flexibility index (Phi) is 12.8. The summed E-state index contributed by atoms with van der Waals surface area (Å²) in [6.45, 7) is 3.64. The van der Waals surface area contributed by atoms with Gasteiger partial charge in [-0.15, -0.1) is 0 Å². The first kappa shape index (κ1) is 30.2. The van der Waals surface area contributed by atoms with E-state index < -0.39 is 78.5 Å². The average Bonchev–Trinajstić information content (AvgIpc) is 2.68. The fourth-order valence-electron chi connectivity index (χ4n) is 2.78. The van der Waals surface area contributed by atoms with Crippen molar-refractivity contribution < 1.29 is 43.8 Å². The Morgan fingerprint density at radius 3 is 1.68 bits per heavy atom. The molecule has 15 nitrogen and oxygen atoms in total. The highest BCUT2D eigenvalue weighted by molar-refractivity contribution is 5.96. The molecule has 0 aliphatic heterocycles. The Labute approximate surface area is 195 Å². The van der Waals surface area contributed by atoms with Crippen LogP contribution in [-0.2, 0) is 33.6 Å². The molecular weight excluding hydrogens is 456 g/mol. The second-order valence-corrected chi connectivity index (χ2v) is 8.03. The van der Waals surface area contributed by atoms with Gasteiger partial charge in [0, 0.05) is 6.42 Å². The Balaban J connectivity index is 5.60. The first-order chi connectivity index (χ1) is 15.6. The van der Waals surface area contributed by atoms with E-state index in [-0.39, 0.29) is 25.2 Å². The smallest absolute Gasteiger partial charge is 0.326 e. The lowest BCUT2D eigenvalue weighted by Crippen LogP contribution is -2.57. The molecule has 192 valence electrons. The van der Waals surface area contributed by atoms with Crippen molar-refractivity contribution in [3.8, 4) is 0 Å². The van der Waals surface area contributed by atoms with Crippen LogP contribution in [0.5, 0.6) is 0 Å². The van der Waals surface area contributed by atoms with Crippen molar-refractivity contribution in [3.63, 3.8) is 0 Å². The average molecular weight is 488 g/mol. The number of nitrogens with one attached hydrogen (secondary N) is 3. The van der Waals surface area contributed by atoms with E-state index in [1.165, 1.54) is 0 Å². The minimum Gasteiger partial charge on any atom is -0.481 e. The van der Waals surface area contributed by atoms with Gasteiger partial charge in [0.25, 0.3) is 0 Å². The van der Waals surface area contributed by atoms with Crippen LogP contribution in [0.3, 0.4) is 0 Å². The van der Waals surface area contributed by atoms with Gasteiger partial charge in [-0.1, -0.05) is 13.8 Å². The summed E-state index contributed by atoms with van der Waals surface area (Å²) in [5, 5.41) is 24.6. The topological polar surface area (TPSA) is 274 Å². The van der Waals surface area contributed by atoms with Gasteiger partial charge >= 0.3 is 11.9 Å². The molecule has 0 saturated heterocycles. The molecule has 4 atom stereocenters. The fraction of sp³-hybridized carbons (Fsp3) is 0.632. The number of hydrogen-bond acceptors (Lipinski definition) is 8. The molecule has 15 heteroatoms. The van der Waals surface area contributed by atoms with E-state index in [2.05, 4.69) is 10.6 Å². The molecule has 4 unspecified atom stereocenters. The van der Waals surface area contributed by atoms with Crippen LogP contribution < -0.4 is 33.2 Å². The maximum atomic E-state index is 12.7. The number of primary amides is 2. The Bertz CT molecular complexity index is 801. The summed E-state index contributed by atoms with van der Waals surface area (Å²) in [6.07, 6.45) is -2.05. The third-order valence-corrected chi connectivity index (χ3v) is 4.41. The van der Waals surface area contributed by atoms with Crippen molar-refractivity contribution in [3.05, 3.63) is 0 Å². The van der Waals surface area contributed by atoms with Crippen LogP contribution in [0, 0.1) is 5.92 Å². The van der Waals surface area contributed by atoms with E-state index in [0.29, 0.717) is 0 Å². The summed E-state index contributed by atoms with van der Waals surface area (Å²) in [5.41, 5.74) is 15.8. The first-order valence-electron chi connectivity index (χ1n) is 10.3. The Morgan fingerprint density at radius 2 is 1.24 bits per heavy atom. The Morgan fingerprint density at radius 1 is 0.735 bits per heavy atom. The second-order valence-electron chi connectivity index (χ2n) is 8.03. The third kappa shape index (κ3) is 12.3. The summed E-state index contributed by atoms with van der Waals surface area (Å²) in [4.78, 5) is 82.1. The highest BCUT2D eigenvalue weighted by atomic mass is 16.4. The number of carbonyl (C=O) groups is 7. The molecule has 0 bridgehead atoms. The first-order valence-corrected chi connectivity index (χ1v) is 10.3. The normalized spacial score (nSPS) is 14.2. The number of rotatable bonds is 16. The van der Waals surface area contributed by atoms with Gasteiger partial charge in [-0.05, 0) is 18.8 Å². The lowest BCUT2D eigenvalue weighted by atomic mass is 10.0. The lowest BCUT2D eigenvalue weighted by Gasteiger charge is -2.24. The summed E-state index contributed by atoms with van der Waals surface area (Å²) in [7, 11) is 0. The largest absolute Gasteiger partial charge is 0.481 e. The molecule has 11 N–H and O–H groups in total. The zero-order chi connectivity index (χ0) is 26.6. The molecule has 0 aliphatic rings. The molecule has 0 heterocycles. The molecule has 0 rings (SSSR count). The third-order valence-electron chi connectivity index (χ3n) is 4.41. The number of amides is 5. The standard InChI is InChI=1S/C19H32N6O9/c1-8(2)5-9(20)16(30)23-10(3-4-13(21)26)17(31)24-11(7-15(28)29)18(32)25-12(19(33)34)6-14(22)27/h8-12H,3-7,20H2,1-2H3,(H2,21,26)(H2,22,27)(H,23,30)(H,24,31)(H,25,32)(H,28,29)(H,33,34). The SMILES string of the molecule is CC(C)CC(N)C(=O)NC(CCC(N)=O)C(=O)NC(CC(=O)O)C(=O)NC(CC(N)=O)C(=O)O. The van der Waals surface area contributed by atoms with E-state index in [9.17, 15) is 33.6 Å². The summed E-state index contributed by atoms with van der Waals surface area (Å²) in [5.74, 6) is -7.87. The second kappa shape index (κ2) is 14.4. The van der Waals surface area contributed by atoms with Crippen molar-refractivity contribution in [2.75, 3.05) is 0 Å². The van der Waals surface area contributed by atoms with E-state index in [0.717, 1.165) is 0 Å². The van der Waals surface area contributed by atoms with Crippen LogP contribution in [0.2, 0.25) is 0 Å². The molecular formula is C19H32N6O9. The minimum atomic E-state index is -1.78. The van der Waals surface area contributed by atoms with Crippen LogP contribution in [0.15, 0.2) is 0 Å². The number of carboxylic acids is 2. The van der Waals surface area contributed by atoms with Gasteiger partial charge in [-0.2, -0.15) is 0 Å². The molecule has 0 aromatic rings. The van der Waals surface area contributed by atoms with Crippen LogP contribution in [0.25, 0.3) is 0 Å². The van der Waals surface area contributed by atoms with Crippen LogP contribution in [0.4, 0.5) is 0 Å². The van der Waals surface area contributed by atoms with Gasteiger partial charge in [0.2, 0.25) is 29.5 Å². The van der Waals surface area contributed by atoms with Gasteiger partial charge in [0.05, 0.1) is 18.9 Å². The quantitative estimate of drug-likeness (QED) is 0.106. The number of carboxylic acid groups (broad SMARTS) is 2. The van der Waals surface area contributed by atoms with E-state index >= 15 is 0 Å². The zero-order valence-electron chi connectivity index (χ0n) is 18.9. The molecule has 0 aromatic heterocycles. The predicted octanol–water partition coefficient (Wildman–Crippen LogP) is -3.49. The highest BCUT2D eigenvalue weighted by Crippen LogP contribution is 2.06. The summed E-state index contributed by atoms with van der Waals surface area (Å²) in [6, 6.07) is -5.93. The van der Waals surface area contributed by atoms with Crippen LogP contribution in [0.1, 0.15) is 46.0 Å². The van der Waals surface area contributed by atoms with Crippen LogP contribution in [-0.4, -0.2) is 75.9 Å². The molecule has 34 heavy (non-hydrogen) atoms. The van der Waals surface area contributed by atoms with Gasteiger partial charge in [-0.3, -0.25) is 28.8 Å². The van der Waals surface area contributed by atoms with Crippen molar-refractivity contribution >= 4 is 41.5 Å². The lowest BCUT2D eigenvalue weighted by molar-refractivity contribution is -0.144. The highest BCUT2D eigenvalue weighted by Gasteiger charge is 2.32. The zero-order valence-corrected chi connectivity index (χ0v) is 18.9. The van der Waals surface area contributed by atoms with Gasteiger partial charge in [0.15, 0.2) is 0 Å². The maximum Gasteiger partial charge on any atom is 0.326 e. The van der Waals surface area contributed by atoms with Crippen molar-refractivity contribution in [1.29, 1.82) is 0 Å². The van der Waals surface area contributed by atoms with Crippen molar-refractivity contribution in [1.82, 2.24) is 16.0 Å². The van der Waals surface area contributed by atoms with Crippen molar-refractivity contribution in [2.24, 2.45) is 23.1 Å². The number of carbonyl (C=O) groups excluding carboxylic acids is 5. The summed E-state index contributed by atoms with van der Waals surface area (Å²) >= 11 is 0. The minimum absolute atomic E-state index is 0.0601. The maximum absolute atomic E-state index is 12.7. The fourth-order valence-corrected chi connectivity index (χ4v) is 2.78. The van der Waals surface area contributed by atoms with Crippen molar-refractivity contribution in [2.45, 2.75) is 70.1 Å². The molecule has 0 spiro atoms. The van der Waals surface area contributed by atoms with Gasteiger partial charge < -0.3 is 43.4 Å². The predicted molar refractivity (Wildman–Crippen MR) is 115 cm³/mol. The summed E-state index contributed by atoms with van der Waals surface area (Å²) < 4.78 is 0. The molecule has 0 radical (unpaired) electrons. The molecule has 0 saturated carbocycles. The molecule has 0 aliphatic carbocycles. The Hall–Kier alpha value is -3.75. The van der Waals surface area contributed by atoms with E-state index in [4.69, 9.17) is 27.4 Å². The van der Waals surface area contributed by atoms with Crippen LogP contribution >= 0.6 is 0 Å². The van der Waals surface area contributed by atoms with E-state index in [1.54, 1.807) is 0 Å². The van der Waals surface area contributed by atoms with E-state index in [1.807, 2.05) is 19.2 Å². The number of aliphatic carboxylic acids is 2. The number of hydrogen-bond donors (Lipinski definition) is 8. The molecule has 0 fully saturated rings. The molecule has 5 amide bonds. The van der Waals surface area contributed by atoms with Gasteiger partial charge in [0.1, 0.15) is 18.1 Å².